The number of hydrogen-bond donors (Lipinski definition) is 1. The van der Waals surface area contributed by atoms with E-state index in [9.17, 15) is 9.18 Å². The largest absolute Gasteiger partial charge is 0.497 e. The lowest BCUT2D eigenvalue weighted by Crippen LogP contribution is -2.29. The zero-order chi connectivity index (χ0) is 17.6. The molecule has 0 fully saturated rings. The highest BCUT2D eigenvalue weighted by Crippen LogP contribution is 2.20. The topological polar surface area (TPSA) is 69.0 Å². The number of carbonyl (C=O) groups excluding carboxylic acids is 1. The first kappa shape index (κ1) is 16.6. The molecule has 0 aliphatic heterocycles. The highest BCUT2D eigenvalue weighted by molar-refractivity contribution is 5.94. The average Bonchev–Trinajstić information content (AvgIpc) is 3.21. The summed E-state index contributed by atoms with van der Waals surface area (Å²) in [5.74, 6) is 0.262. The van der Waals surface area contributed by atoms with Crippen LogP contribution in [0.3, 0.4) is 0 Å². The van der Waals surface area contributed by atoms with Crippen LogP contribution in [0.4, 0.5) is 4.39 Å². The van der Waals surface area contributed by atoms with Crippen LogP contribution < -0.4 is 10.1 Å². The maximum atomic E-state index is 13.4. The van der Waals surface area contributed by atoms with Crippen molar-refractivity contribution in [1.29, 1.82) is 0 Å². The van der Waals surface area contributed by atoms with Crippen molar-refractivity contribution >= 4 is 5.91 Å². The maximum Gasteiger partial charge on any atom is 0.251 e. The fourth-order valence-corrected chi connectivity index (χ4v) is 2.42. The molecule has 1 heterocycles. The number of carbonyl (C=O) groups is 1. The first-order valence-electron chi connectivity index (χ1n) is 7.69. The van der Waals surface area contributed by atoms with Gasteiger partial charge in [0, 0.05) is 5.56 Å². The lowest BCUT2D eigenvalue weighted by molar-refractivity contribution is 0.0929. The molecule has 3 rings (SSSR count). The SMILES string of the molecule is COc1cccc(C(CF)NC(=O)c2ccc(-n3ccnn3)cc2)c1. The van der Waals surface area contributed by atoms with Crippen molar-refractivity contribution < 1.29 is 13.9 Å². The van der Waals surface area contributed by atoms with Gasteiger partial charge in [0.2, 0.25) is 0 Å². The van der Waals surface area contributed by atoms with Crippen molar-refractivity contribution in [2.75, 3.05) is 13.8 Å². The number of nitrogens with one attached hydrogen (secondary N) is 1. The molecule has 6 nitrogen and oxygen atoms in total. The number of methoxy groups -OCH3 is 1. The predicted molar refractivity (Wildman–Crippen MR) is 90.5 cm³/mol. The van der Waals surface area contributed by atoms with E-state index in [1.807, 2.05) is 0 Å². The molecule has 1 unspecified atom stereocenters. The van der Waals surface area contributed by atoms with E-state index in [0.29, 0.717) is 16.9 Å². The molecule has 1 N–H and O–H groups in total. The normalized spacial score (nSPS) is 11.8. The molecule has 3 aromatic rings. The van der Waals surface area contributed by atoms with E-state index in [1.54, 1.807) is 72.7 Å². The number of amides is 1. The summed E-state index contributed by atoms with van der Waals surface area (Å²) in [6, 6.07) is 13.1. The second kappa shape index (κ2) is 7.57. The Kier molecular flexibility index (Phi) is 5.03. The average molecular weight is 340 g/mol. The molecule has 7 heteroatoms. The lowest BCUT2D eigenvalue weighted by atomic mass is 10.1. The fourth-order valence-electron chi connectivity index (χ4n) is 2.42. The zero-order valence-electron chi connectivity index (χ0n) is 13.6. The van der Waals surface area contributed by atoms with Crippen molar-refractivity contribution in [2.24, 2.45) is 0 Å². The first-order chi connectivity index (χ1) is 12.2. The summed E-state index contributed by atoms with van der Waals surface area (Å²) in [6.45, 7) is -0.712. The number of ether oxygens (including phenoxy) is 1. The maximum absolute atomic E-state index is 13.4. The Morgan fingerprint density at radius 3 is 2.72 bits per heavy atom. The summed E-state index contributed by atoms with van der Waals surface area (Å²) in [7, 11) is 1.54. The summed E-state index contributed by atoms with van der Waals surface area (Å²) in [4.78, 5) is 12.4. The van der Waals surface area contributed by atoms with Gasteiger partial charge in [-0.15, -0.1) is 5.10 Å². The summed E-state index contributed by atoms with van der Waals surface area (Å²) < 4.78 is 20.2. The van der Waals surface area contributed by atoms with Gasteiger partial charge >= 0.3 is 0 Å². The highest BCUT2D eigenvalue weighted by Gasteiger charge is 2.16. The van der Waals surface area contributed by atoms with Crippen molar-refractivity contribution in [3.8, 4) is 11.4 Å². The standard InChI is InChI=1S/C18H17FN4O2/c1-25-16-4-2-3-14(11-16)17(12-19)21-18(24)13-5-7-15(8-6-13)23-10-9-20-22-23/h2-11,17H,12H2,1H3,(H,21,24). The number of alkyl halides is 1. The van der Waals surface area contributed by atoms with E-state index < -0.39 is 12.7 Å². The van der Waals surface area contributed by atoms with Gasteiger partial charge < -0.3 is 10.1 Å². The third-order valence-corrected chi connectivity index (χ3v) is 3.77. The Labute approximate surface area is 144 Å². The molecule has 0 radical (unpaired) electrons. The molecule has 0 bridgehead atoms. The fraction of sp³-hybridized carbons (Fsp3) is 0.167. The van der Waals surface area contributed by atoms with Crippen LogP contribution >= 0.6 is 0 Å². The molecule has 128 valence electrons. The molecule has 0 saturated carbocycles. The summed E-state index contributed by atoms with van der Waals surface area (Å²) >= 11 is 0. The summed E-state index contributed by atoms with van der Waals surface area (Å²) in [6.07, 6.45) is 3.28. The number of rotatable bonds is 6. The number of aromatic nitrogens is 3. The van der Waals surface area contributed by atoms with Crippen molar-refractivity contribution in [1.82, 2.24) is 20.3 Å². The monoisotopic (exact) mass is 340 g/mol. The van der Waals surface area contributed by atoms with Gasteiger partial charge in [0.25, 0.3) is 5.91 Å². The van der Waals surface area contributed by atoms with E-state index in [4.69, 9.17) is 4.74 Å². The molecule has 0 aliphatic rings. The second-order valence-corrected chi connectivity index (χ2v) is 5.35. The van der Waals surface area contributed by atoms with Gasteiger partial charge in [0.15, 0.2) is 0 Å². The molecular weight excluding hydrogens is 323 g/mol. The Morgan fingerprint density at radius 1 is 1.28 bits per heavy atom. The molecule has 1 aromatic heterocycles. The Hall–Kier alpha value is -3.22. The smallest absolute Gasteiger partial charge is 0.251 e. The zero-order valence-corrected chi connectivity index (χ0v) is 13.6. The van der Waals surface area contributed by atoms with Gasteiger partial charge in [0.1, 0.15) is 12.4 Å². The van der Waals surface area contributed by atoms with E-state index in [2.05, 4.69) is 15.6 Å². The predicted octanol–water partition coefficient (Wildman–Crippen LogP) is 2.72. The molecule has 0 aliphatic carbocycles. The van der Waals surface area contributed by atoms with Crippen LogP contribution in [-0.4, -0.2) is 34.7 Å². The Bertz CT molecular complexity index is 835. The van der Waals surface area contributed by atoms with Crippen molar-refractivity contribution in [3.63, 3.8) is 0 Å². The van der Waals surface area contributed by atoms with E-state index >= 15 is 0 Å². The minimum atomic E-state index is -0.738. The number of benzene rings is 2. The second-order valence-electron chi connectivity index (χ2n) is 5.35. The van der Waals surface area contributed by atoms with Crippen LogP contribution in [0.1, 0.15) is 22.0 Å². The molecule has 1 atom stereocenters. The van der Waals surface area contributed by atoms with Crippen LogP contribution in [0.25, 0.3) is 5.69 Å². The van der Waals surface area contributed by atoms with Gasteiger partial charge in [-0.1, -0.05) is 17.3 Å². The quantitative estimate of drug-likeness (QED) is 0.749. The van der Waals surface area contributed by atoms with Crippen LogP contribution in [0, 0.1) is 0 Å². The van der Waals surface area contributed by atoms with Crippen molar-refractivity contribution in [2.45, 2.75) is 6.04 Å². The molecular formula is C18H17FN4O2. The van der Waals surface area contributed by atoms with Gasteiger partial charge in [-0.2, -0.15) is 0 Å². The molecule has 2 aromatic carbocycles. The van der Waals surface area contributed by atoms with Gasteiger partial charge in [-0.25, -0.2) is 9.07 Å². The third kappa shape index (κ3) is 3.82. The van der Waals surface area contributed by atoms with E-state index in [0.717, 1.165) is 5.69 Å². The first-order valence-corrected chi connectivity index (χ1v) is 7.69. The van der Waals surface area contributed by atoms with Crippen LogP contribution in [-0.2, 0) is 0 Å². The Balaban J connectivity index is 1.73. The molecule has 0 spiro atoms. The number of nitrogens with zero attached hydrogens (tertiary/aromatic N) is 3. The number of halogens is 1. The van der Waals surface area contributed by atoms with Crippen LogP contribution in [0.5, 0.6) is 5.75 Å². The van der Waals surface area contributed by atoms with E-state index in [1.165, 1.54) is 0 Å². The Morgan fingerprint density at radius 2 is 2.08 bits per heavy atom. The van der Waals surface area contributed by atoms with Crippen LogP contribution in [0.15, 0.2) is 60.9 Å². The van der Waals surface area contributed by atoms with E-state index in [-0.39, 0.29) is 5.91 Å². The van der Waals surface area contributed by atoms with Crippen molar-refractivity contribution in [3.05, 3.63) is 72.1 Å². The molecule has 0 saturated heterocycles. The minimum absolute atomic E-state index is 0.351. The highest BCUT2D eigenvalue weighted by atomic mass is 19.1. The minimum Gasteiger partial charge on any atom is -0.497 e. The summed E-state index contributed by atoms with van der Waals surface area (Å²) in [5.41, 5.74) is 1.86. The lowest BCUT2D eigenvalue weighted by Gasteiger charge is -2.17. The van der Waals surface area contributed by atoms with Gasteiger partial charge in [-0.3, -0.25) is 4.79 Å². The third-order valence-electron chi connectivity index (χ3n) is 3.77. The molecule has 1 amide bonds. The van der Waals surface area contributed by atoms with Crippen LogP contribution in [0.2, 0.25) is 0 Å². The van der Waals surface area contributed by atoms with Gasteiger partial charge in [-0.05, 0) is 42.0 Å². The molecule has 25 heavy (non-hydrogen) atoms. The number of hydrogen-bond acceptors (Lipinski definition) is 4. The summed E-state index contributed by atoms with van der Waals surface area (Å²) in [5, 5.41) is 10.3. The van der Waals surface area contributed by atoms with Gasteiger partial charge in [0.05, 0.1) is 31.2 Å².